The first-order valence-corrected chi connectivity index (χ1v) is 7.70. The molecule has 2 aliphatic rings. The topological polar surface area (TPSA) is 79.5 Å². The van der Waals surface area contributed by atoms with Crippen LogP contribution in [0.2, 0.25) is 0 Å². The molecule has 116 valence electrons. The molecule has 2 aliphatic heterocycles. The molecule has 3 N–H and O–H groups in total. The van der Waals surface area contributed by atoms with Crippen LogP contribution in [0.25, 0.3) is 0 Å². The van der Waals surface area contributed by atoms with Crippen molar-refractivity contribution in [3.05, 3.63) is 11.9 Å². The highest BCUT2D eigenvalue weighted by Crippen LogP contribution is 2.28. The van der Waals surface area contributed by atoms with E-state index in [0.717, 1.165) is 63.0 Å². The average molecular weight is 292 g/mol. The summed E-state index contributed by atoms with van der Waals surface area (Å²) in [5.41, 5.74) is 3.78. The van der Waals surface area contributed by atoms with E-state index in [9.17, 15) is 0 Å². The second-order valence-electron chi connectivity index (χ2n) is 5.56. The summed E-state index contributed by atoms with van der Waals surface area (Å²) in [6.45, 7) is 7.95. The van der Waals surface area contributed by atoms with Crippen molar-refractivity contribution < 1.29 is 4.74 Å². The molecule has 7 heteroatoms. The van der Waals surface area contributed by atoms with Crippen LogP contribution >= 0.6 is 0 Å². The molecule has 7 nitrogen and oxygen atoms in total. The van der Waals surface area contributed by atoms with Crippen LogP contribution in [0, 0.1) is 0 Å². The van der Waals surface area contributed by atoms with E-state index in [2.05, 4.69) is 32.1 Å². The molecule has 3 rings (SSSR count). The van der Waals surface area contributed by atoms with Crippen LogP contribution in [-0.2, 0) is 11.2 Å². The number of nitrogen functional groups attached to an aromatic ring is 1. The van der Waals surface area contributed by atoms with Crippen molar-refractivity contribution >= 4 is 11.6 Å². The van der Waals surface area contributed by atoms with Crippen molar-refractivity contribution in [2.75, 3.05) is 49.7 Å². The van der Waals surface area contributed by atoms with Gasteiger partial charge >= 0.3 is 0 Å². The summed E-state index contributed by atoms with van der Waals surface area (Å²) in [5, 5.41) is 0. The Kier molecular flexibility index (Phi) is 4.52. The van der Waals surface area contributed by atoms with Crippen molar-refractivity contribution in [2.45, 2.75) is 25.8 Å². The SMILES string of the molecule is CCc1c(NN)ncnc1N1CCC(N2CCOCC2)C1. The standard InChI is InChI=1S/C14H24N6O/c1-2-12-13(18-15)16-10-17-14(12)20-4-3-11(9-20)19-5-7-21-8-6-19/h10-11H,2-9,15H2,1H3,(H,16,17,18). The van der Waals surface area contributed by atoms with Gasteiger partial charge in [-0.25, -0.2) is 15.8 Å². The van der Waals surface area contributed by atoms with Crippen LogP contribution in [0.3, 0.4) is 0 Å². The van der Waals surface area contributed by atoms with Crippen LogP contribution in [0.4, 0.5) is 11.6 Å². The lowest BCUT2D eigenvalue weighted by Crippen LogP contribution is -2.44. The minimum Gasteiger partial charge on any atom is -0.379 e. The zero-order valence-corrected chi connectivity index (χ0v) is 12.6. The second-order valence-corrected chi connectivity index (χ2v) is 5.56. The molecule has 0 aromatic carbocycles. The fraction of sp³-hybridized carbons (Fsp3) is 0.714. The normalized spacial score (nSPS) is 23.5. The number of ether oxygens (including phenoxy) is 1. The predicted molar refractivity (Wildman–Crippen MR) is 82.2 cm³/mol. The molecule has 0 saturated carbocycles. The molecule has 0 aliphatic carbocycles. The first kappa shape index (κ1) is 14.5. The predicted octanol–water partition coefficient (Wildman–Crippen LogP) is 0.236. The molecule has 1 aromatic heterocycles. The van der Waals surface area contributed by atoms with Gasteiger partial charge in [-0.15, -0.1) is 0 Å². The number of nitrogens with two attached hydrogens (primary N) is 1. The highest BCUT2D eigenvalue weighted by molar-refractivity contribution is 5.58. The van der Waals surface area contributed by atoms with E-state index in [0.29, 0.717) is 6.04 Å². The van der Waals surface area contributed by atoms with E-state index in [1.807, 2.05) is 0 Å². The lowest BCUT2D eigenvalue weighted by atomic mass is 10.2. The zero-order valence-electron chi connectivity index (χ0n) is 12.6. The highest BCUT2D eigenvalue weighted by Gasteiger charge is 2.30. The van der Waals surface area contributed by atoms with Gasteiger partial charge in [-0.1, -0.05) is 6.92 Å². The number of hydrogen-bond acceptors (Lipinski definition) is 7. The Morgan fingerprint density at radius 2 is 2.14 bits per heavy atom. The Labute approximate surface area is 125 Å². The lowest BCUT2D eigenvalue weighted by Gasteiger charge is -2.32. The van der Waals surface area contributed by atoms with Crippen LogP contribution < -0.4 is 16.2 Å². The molecule has 0 spiro atoms. The molecule has 2 saturated heterocycles. The Morgan fingerprint density at radius 3 is 2.86 bits per heavy atom. The maximum atomic E-state index is 5.56. The summed E-state index contributed by atoms with van der Waals surface area (Å²) in [5.74, 6) is 7.31. The first-order chi connectivity index (χ1) is 10.3. The molecule has 1 unspecified atom stereocenters. The van der Waals surface area contributed by atoms with Crippen LogP contribution in [0.15, 0.2) is 6.33 Å². The van der Waals surface area contributed by atoms with Gasteiger partial charge in [-0.2, -0.15) is 0 Å². The Balaban J connectivity index is 1.73. The van der Waals surface area contributed by atoms with Crippen molar-refractivity contribution in [3.8, 4) is 0 Å². The number of aromatic nitrogens is 2. The van der Waals surface area contributed by atoms with Gasteiger partial charge in [0.2, 0.25) is 0 Å². The number of nitrogens with zero attached hydrogens (tertiary/aromatic N) is 4. The van der Waals surface area contributed by atoms with Crippen molar-refractivity contribution in [1.29, 1.82) is 0 Å². The molecule has 0 amide bonds. The van der Waals surface area contributed by atoms with Crippen LogP contribution in [-0.4, -0.2) is 60.3 Å². The minimum absolute atomic E-state index is 0.600. The number of anilines is 2. The third kappa shape index (κ3) is 2.95. The maximum absolute atomic E-state index is 5.56. The van der Waals surface area contributed by atoms with Gasteiger partial charge < -0.3 is 15.1 Å². The molecule has 0 bridgehead atoms. The van der Waals surface area contributed by atoms with Gasteiger partial charge in [0, 0.05) is 37.8 Å². The lowest BCUT2D eigenvalue weighted by molar-refractivity contribution is 0.0209. The second kappa shape index (κ2) is 6.55. The van der Waals surface area contributed by atoms with Gasteiger partial charge in [0.15, 0.2) is 0 Å². The molecule has 3 heterocycles. The highest BCUT2D eigenvalue weighted by atomic mass is 16.5. The van der Waals surface area contributed by atoms with Gasteiger partial charge in [-0.3, -0.25) is 4.90 Å². The van der Waals surface area contributed by atoms with Gasteiger partial charge in [0.1, 0.15) is 18.0 Å². The third-order valence-corrected chi connectivity index (χ3v) is 4.44. The van der Waals surface area contributed by atoms with E-state index >= 15 is 0 Å². The number of rotatable bonds is 4. The number of morpholine rings is 1. The molecular formula is C14H24N6O. The fourth-order valence-corrected chi connectivity index (χ4v) is 3.30. The van der Waals surface area contributed by atoms with Crippen molar-refractivity contribution in [2.24, 2.45) is 5.84 Å². The van der Waals surface area contributed by atoms with E-state index in [1.165, 1.54) is 6.42 Å². The summed E-state index contributed by atoms with van der Waals surface area (Å²) in [6, 6.07) is 0.600. The molecule has 0 radical (unpaired) electrons. The van der Waals surface area contributed by atoms with E-state index in [1.54, 1.807) is 6.33 Å². The zero-order chi connectivity index (χ0) is 14.7. The number of nitrogens with one attached hydrogen (secondary N) is 1. The smallest absolute Gasteiger partial charge is 0.148 e. The Morgan fingerprint density at radius 1 is 1.33 bits per heavy atom. The monoisotopic (exact) mass is 292 g/mol. The fourth-order valence-electron chi connectivity index (χ4n) is 3.30. The van der Waals surface area contributed by atoms with Crippen LogP contribution in [0.1, 0.15) is 18.9 Å². The summed E-state index contributed by atoms with van der Waals surface area (Å²) in [6.07, 6.45) is 3.64. The van der Waals surface area contributed by atoms with Crippen molar-refractivity contribution in [1.82, 2.24) is 14.9 Å². The third-order valence-electron chi connectivity index (χ3n) is 4.44. The molecule has 1 aromatic rings. The van der Waals surface area contributed by atoms with E-state index in [4.69, 9.17) is 10.6 Å². The number of hydrazine groups is 1. The molecule has 1 atom stereocenters. The molecular weight excluding hydrogens is 268 g/mol. The maximum Gasteiger partial charge on any atom is 0.148 e. The summed E-state index contributed by atoms with van der Waals surface area (Å²) in [7, 11) is 0. The van der Waals surface area contributed by atoms with Crippen LogP contribution in [0.5, 0.6) is 0 Å². The number of hydrogen-bond donors (Lipinski definition) is 2. The Bertz CT molecular complexity index is 477. The summed E-state index contributed by atoms with van der Waals surface area (Å²) < 4.78 is 5.44. The molecule has 2 fully saturated rings. The van der Waals surface area contributed by atoms with E-state index < -0.39 is 0 Å². The largest absolute Gasteiger partial charge is 0.379 e. The first-order valence-electron chi connectivity index (χ1n) is 7.70. The average Bonchev–Trinajstić information content (AvgIpc) is 3.04. The summed E-state index contributed by atoms with van der Waals surface area (Å²) >= 11 is 0. The van der Waals surface area contributed by atoms with Gasteiger partial charge in [0.25, 0.3) is 0 Å². The Hall–Kier alpha value is -1.44. The quantitative estimate of drug-likeness (QED) is 0.607. The van der Waals surface area contributed by atoms with E-state index in [-0.39, 0.29) is 0 Å². The van der Waals surface area contributed by atoms with Gasteiger partial charge in [0.05, 0.1) is 13.2 Å². The minimum atomic E-state index is 0.600. The summed E-state index contributed by atoms with van der Waals surface area (Å²) in [4.78, 5) is 13.6. The van der Waals surface area contributed by atoms with Gasteiger partial charge in [-0.05, 0) is 12.8 Å². The van der Waals surface area contributed by atoms with Crippen molar-refractivity contribution in [3.63, 3.8) is 0 Å². The molecule has 21 heavy (non-hydrogen) atoms.